The molecule has 0 aliphatic carbocycles. The number of aliphatic hydroxyl groups is 1. The predicted molar refractivity (Wildman–Crippen MR) is 71.3 cm³/mol. The first-order valence-electron chi connectivity index (χ1n) is 5.99. The van der Waals surface area contributed by atoms with Gasteiger partial charge in [0.05, 0.1) is 12.3 Å². The number of anilines is 1. The number of aliphatic hydroxyl groups excluding tert-OH is 1. The largest absolute Gasteiger partial charge is 0.395 e. The Bertz CT molecular complexity index is 470. The van der Waals surface area contributed by atoms with E-state index in [1.54, 1.807) is 0 Å². The van der Waals surface area contributed by atoms with Crippen LogP contribution in [0, 0.1) is 6.92 Å². The molecule has 1 aromatic carbocycles. The Morgan fingerprint density at radius 1 is 1.06 bits per heavy atom. The monoisotopic (exact) mass is 243 g/mol. The van der Waals surface area contributed by atoms with Gasteiger partial charge in [0.25, 0.3) is 0 Å². The van der Waals surface area contributed by atoms with Gasteiger partial charge in [0, 0.05) is 13.1 Å². The highest BCUT2D eigenvalue weighted by Crippen LogP contribution is 2.13. The number of rotatable bonds is 5. The van der Waals surface area contributed by atoms with Gasteiger partial charge in [-0.15, -0.1) is 5.10 Å². The topological polar surface area (TPSA) is 49.2 Å². The molecule has 0 saturated heterocycles. The van der Waals surface area contributed by atoms with E-state index >= 15 is 0 Å². The quantitative estimate of drug-likeness (QED) is 0.869. The van der Waals surface area contributed by atoms with Gasteiger partial charge in [-0.2, -0.15) is 5.10 Å². The molecule has 0 atom stereocenters. The lowest BCUT2D eigenvalue weighted by Crippen LogP contribution is -2.27. The molecule has 0 fully saturated rings. The summed E-state index contributed by atoms with van der Waals surface area (Å²) < 4.78 is 0. The lowest BCUT2D eigenvalue weighted by Gasteiger charge is -2.22. The maximum Gasteiger partial charge on any atom is 0.151 e. The van der Waals surface area contributed by atoms with Crippen LogP contribution in [0.5, 0.6) is 0 Å². The van der Waals surface area contributed by atoms with Gasteiger partial charge in [-0.1, -0.05) is 30.3 Å². The van der Waals surface area contributed by atoms with E-state index < -0.39 is 0 Å². The molecule has 4 nitrogen and oxygen atoms in total. The van der Waals surface area contributed by atoms with Crippen LogP contribution in [0.1, 0.15) is 11.3 Å². The average Bonchev–Trinajstić information content (AvgIpc) is 2.40. The van der Waals surface area contributed by atoms with Gasteiger partial charge in [0.1, 0.15) is 0 Å². The molecule has 0 bridgehead atoms. The molecule has 2 rings (SSSR count). The highest BCUT2D eigenvalue weighted by atomic mass is 16.3. The summed E-state index contributed by atoms with van der Waals surface area (Å²) in [5.74, 6) is 0.790. The Balaban J connectivity index is 2.15. The van der Waals surface area contributed by atoms with Crippen LogP contribution in [-0.4, -0.2) is 28.5 Å². The first-order valence-corrected chi connectivity index (χ1v) is 5.99. The number of hydrogen-bond donors (Lipinski definition) is 1. The summed E-state index contributed by atoms with van der Waals surface area (Å²) in [6.07, 6.45) is 0. The number of benzene rings is 1. The first-order chi connectivity index (χ1) is 8.79. The SMILES string of the molecule is Cc1ccc(N(CCO)Cc2ccccc2)nn1. The fourth-order valence-corrected chi connectivity index (χ4v) is 1.76. The zero-order valence-corrected chi connectivity index (χ0v) is 10.5. The van der Waals surface area contributed by atoms with Crippen LogP contribution in [0.3, 0.4) is 0 Å². The smallest absolute Gasteiger partial charge is 0.151 e. The van der Waals surface area contributed by atoms with Crippen LogP contribution >= 0.6 is 0 Å². The second-order valence-electron chi connectivity index (χ2n) is 4.16. The van der Waals surface area contributed by atoms with Crippen molar-refractivity contribution in [2.75, 3.05) is 18.1 Å². The summed E-state index contributed by atoms with van der Waals surface area (Å²) >= 11 is 0. The molecule has 0 radical (unpaired) electrons. The van der Waals surface area contributed by atoms with E-state index in [9.17, 15) is 0 Å². The van der Waals surface area contributed by atoms with E-state index in [0.29, 0.717) is 6.54 Å². The maximum atomic E-state index is 9.14. The van der Waals surface area contributed by atoms with Crippen molar-refractivity contribution in [3.63, 3.8) is 0 Å². The molecule has 1 heterocycles. The zero-order chi connectivity index (χ0) is 12.8. The van der Waals surface area contributed by atoms with Crippen molar-refractivity contribution in [2.45, 2.75) is 13.5 Å². The molecular weight excluding hydrogens is 226 g/mol. The highest BCUT2D eigenvalue weighted by molar-refractivity contribution is 5.38. The zero-order valence-electron chi connectivity index (χ0n) is 10.5. The van der Waals surface area contributed by atoms with E-state index in [-0.39, 0.29) is 6.61 Å². The molecule has 0 amide bonds. The minimum absolute atomic E-state index is 0.0996. The van der Waals surface area contributed by atoms with Crippen molar-refractivity contribution in [3.8, 4) is 0 Å². The number of aromatic nitrogens is 2. The molecule has 1 aromatic heterocycles. The predicted octanol–water partition coefficient (Wildman–Crippen LogP) is 1.78. The Labute approximate surface area is 107 Å². The van der Waals surface area contributed by atoms with Crippen molar-refractivity contribution < 1.29 is 5.11 Å². The molecule has 0 aliphatic rings. The number of aryl methyl sites for hydroxylation is 1. The molecule has 2 aromatic rings. The lowest BCUT2D eigenvalue weighted by molar-refractivity contribution is 0.301. The van der Waals surface area contributed by atoms with Gasteiger partial charge >= 0.3 is 0 Å². The fourth-order valence-electron chi connectivity index (χ4n) is 1.76. The van der Waals surface area contributed by atoms with Crippen LogP contribution in [-0.2, 0) is 6.54 Å². The Hall–Kier alpha value is -1.94. The van der Waals surface area contributed by atoms with Crippen LogP contribution in [0.2, 0.25) is 0 Å². The standard InChI is InChI=1S/C14H17N3O/c1-12-7-8-14(16-15-12)17(9-10-18)11-13-5-3-2-4-6-13/h2-8,18H,9-11H2,1H3. The van der Waals surface area contributed by atoms with Crippen molar-refractivity contribution >= 4 is 5.82 Å². The van der Waals surface area contributed by atoms with Gasteiger partial charge < -0.3 is 10.0 Å². The Morgan fingerprint density at radius 3 is 2.44 bits per heavy atom. The van der Waals surface area contributed by atoms with Crippen molar-refractivity contribution in [3.05, 3.63) is 53.7 Å². The van der Waals surface area contributed by atoms with Crippen LogP contribution in [0.4, 0.5) is 5.82 Å². The fraction of sp³-hybridized carbons (Fsp3) is 0.286. The number of nitrogens with zero attached hydrogens (tertiary/aromatic N) is 3. The van der Waals surface area contributed by atoms with Crippen molar-refractivity contribution in [2.24, 2.45) is 0 Å². The minimum atomic E-state index is 0.0996. The summed E-state index contributed by atoms with van der Waals surface area (Å²) in [6, 6.07) is 14.0. The molecule has 94 valence electrons. The molecule has 0 aliphatic heterocycles. The summed E-state index contributed by atoms with van der Waals surface area (Å²) in [5, 5.41) is 17.3. The van der Waals surface area contributed by atoms with Gasteiger partial charge in [0.15, 0.2) is 5.82 Å². The van der Waals surface area contributed by atoms with E-state index in [1.807, 2.05) is 42.2 Å². The third-order valence-electron chi connectivity index (χ3n) is 2.69. The van der Waals surface area contributed by atoms with Crippen LogP contribution in [0.15, 0.2) is 42.5 Å². The average molecular weight is 243 g/mol. The van der Waals surface area contributed by atoms with Gasteiger partial charge in [0.2, 0.25) is 0 Å². The highest BCUT2D eigenvalue weighted by Gasteiger charge is 2.08. The normalized spacial score (nSPS) is 10.3. The van der Waals surface area contributed by atoms with Gasteiger partial charge in [-0.3, -0.25) is 0 Å². The summed E-state index contributed by atoms with van der Waals surface area (Å²) in [7, 11) is 0. The maximum absolute atomic E-state index is 9.14. The molecule has 0 saturated carbocycles. The summed E-state index contributed by atoms with van der Waals surface area (Å²) in [5.41, 5.74) is 2.08. The molecule has 0 unspecified atom stereocenters. The second kappa shape index (κ2) is 6.12. The third kappa shape index (κ3) is 3.28. The van der Waals surface area contributed by atoms with Gasteiger partial charge in [-0.25, -0.2) is 0 Å². The molecular formula is C14H17N3O. The van der Waals surface area contributed by atoms with E-state index in [1.165, 1.54) is 5.56 Å². The number of hydrogen-bond acceptors (Lipinski definition) is 4. The summed E-state index contributed by atoms with van der Waals surface area (Å²) in [4.78, 5) is 2.02. The summed E-state index contributed by atoms with van der Waals surface area (Å²) in [6.45, 7) is 3.28. The van der Waals surface area contributed by atoms with Gasteiger partial charge in [-0.05, 0) is 24.6 Å². The molecule has 1 N–H and O–H groups in total. The lowest BCUT2D eigenvalue weighted by atomic mass is 10.2. The Kier molecular flexibility index (Phi) is 4.25. The van der Waals surface area contributed by atoms with Crippen LogP contribution < -0.4 is 4.90 Å². The van der Waals surface area contributed by atoms with Crippen LogP contribution in [0.25, 0.3) is 0 Å². The van der Waals surface area contributed by atoms with E-state index in [2.05, 4.69) is 22.3 Å². The van der Waals surface area contributed by atoms with E-state index in [0.717, 1.165) is 18.1 Å². The minimum Gasteiger partial charge on any atom is -0.395 e. The molecule has 0 spiro atoms. The second-order valence-corrected chi connectivity index (χ2v) is 4.16. The van der Waals surface area contributed by atoms with E-state index in [4.69, 9.17) is 5.11 Å². The van der Waals surface area contributed by atoms with Crippen molar-refractivity contribution in [1.29, 1.82) is 0 Å². The third-order valence-corrected chi connectivity index (χ3v) is 2.69. The molecule has 4 heteroatoms. The molecule has 18 heavy (non-hydrogen) atoms. The first kappa shape index (κ1) is 12.5. The van der Waals surface area contributed by atoms with Crippen molar-refractivity contribution in [1.82, 2.24) is 10.2 Å². The Morgan fingerprint density at radius 2 is 1.83 bits per heavy atom.